The van der Waals surface area contributed by atoms with E-state index in [0.29, 0.717) is 37.4 Å². The van der Waals surface area contributed by atoms with Gasteiger partial charge in [0.25, 0.3) is 0 Å². The number of morpholine rings is 1. The van der Waals surface area contributed by atoms with Crippen LogP contribution in [0, 0.1) is 5.92 Å². The lowest BCUT2D eigenvalue weighted by atomic mass is 9.93. The van der Waals surface area contributed by atoms with Gasteiger partial charge in [-0.25, -0.2) is 9.50 Å². The molecule has 1 saturated carbocycles. The highest BCUT2D eigenvalue weighted by Crippen LogP contribution is 2.40. The zero-order valence-corrected chi connectivity index (χ0v) is 15.7. The highest BCUT2D eigenvalue weighted by Gasteiger charge is 2.29. The number of fused-ring (bicyclic) bond motifs is 1. The first-order chi connectivity index (χ1) is 13.3. The molecule has 4 heterocycles. The number of nitrogens with zero attached hydrogens (tertiary/aromatic N) is 5. The molecular weight excluding hydrogens is 342 g/mol. The van der Waals surface area contributed by atoms with Gasteiger partial charge < -0.3 is 14.5 Å². The minimum atomic E-state index is 0.293. The maximum absolute atomic E-state index is 12.5. The van der Waals surface area contributed by atoms with Gasteiger partial charge in [0.1, 0.15) is 5.52 Å². The van der Waals surface area contributed by atoms with E-state index in [0.717, 1.165) is 50.4 Å². The fraction of sp³-hybridized carbons (Fsp3) is 0.650. The Kier molecular flexibility index (Phi) is 4.47. The number of hydrogen-bond acceptors (Lipinski definition) is 5. The van der Waals surface area contributed by atoms with E-state index in [1.807, 2.05) is 21.8 Å². The predicted octanol–water partition coefficient (Wildman–Crippen LogP) is 2.07. The van der Waals surface area contributed by atoms with Crippen LogP contribution in [-0.4, -0.2) is 64.8 Å². The Bertz CT molecular complexity index is 817. The second-order valence-electron chi connectivity index (χ2n) is 8.05. The number of amides is 1. The Labute approximate surface area is 159 Å². The van der Waals surface area contributed by atoms with Gasteiger partial charge in [-0.05, 0) is 37.7 Å². The number of carbonyl (C=O) groups is 1. The van der Waals surface area contributed by atoms with Crippen LogP contribution in [0.1, 0.15) is 43.7 Å². The molecule has 0 unspecified atom stereocenters. The first-order valence-corrected chi connectivity index (χ1v) is 10.2. The van der Waals surface area contributed by atoms with Gasteiger partial charge in [-0.3, -0.25) is 4.79 Å². The molecule has 7 heteroatoms. The molecule has 0 spiro atoms. The van der Waals surface area contributed by atoms with Crippen LogP contribution >= 0.6 is 0 Å². The molecule has 3 fully saturated rings. The minimum absolute atomic E-state index is 0.293. The highest BCUT2D eigenvalue weighted by molar-refractivity contribution is 5.76. The normalized spacial score (nSPS) is 21.8. The quantitative estimate of drug-likeness (QED) is 0.826. The topological polar surface area (TPSA) is 63.0 Å². The van der Waals surface area contributed by atoms with E-state index >= 15 is 0 Å². The molecule has 5 rings (SSSR count). The third-order valence-electron chi connectivity index (χ3n) is 6.13. The van der Waals surface area contributed by atoms with Crippen molar-refractivity contribution < 1.29 is 9.53 Å². The standard InChI is InChI=1S/C20H27N5O2/c26-19(23-9-11-27-12-10-23)13-15-3-6-24(7-4-15)20-18-14-17(16-1-2-16)22-25(18)8-5-21-20/h5,8,14-16H,1-4,6-7,9-13H2. The van der Waals surface area contributed by atoms with Crippen LogP contribution in [0.15, 0.2) is 18.5 Å². The molecule has 2 saturated heterocycles. The summed E-state index contributed by atoms with van der Waals surface area (Å²) in [5, 5.41) is 4.73. The van der Waals surface area contributed by atoms with Crippen molar-refractivity contribution in [3.8, 4) is 0 Å². The highest BCUT2D eigenvalue weighted by atomic mass is 16.5. The first kappa shape index (κ1) is 17.0. The van der Waals surface area contributed by atoms with Crippen molar-refractivity contribution in [1.82, 2.24) is 19.5 Å². The summed E-state index contributed by atoms with van der Waals surface area (Å²) in [6.07, 6.45) is 9.07. The Morgan fingerprint density at radius 1 is 1.11 bits per heavy atom. The molecule has 0 N–H and O–H groups in total. The Balaban J connectivity index is 1.23. The molecule has 3 aliphatic rings. The molecule has 2 aliphatic heterocycles. The second kappa shape index (κ2) is 7.11. The van der Waals surface area contributed by atoms with Crippen molar-refractivity contribution in [1.29, 1.82) is 0 Å². The van der Waals surface area contributed by atoms with Crippen LogP contribution in [0.4, 0.5) is 5.82 Å². The van der Waals surface area contributed by atoms with Crippen LogP contribution in [0.3, 0.4) is 0 Å². The van der Waals surface area contributed by atoms with Crippen molar-refractivity contribution >= 4 is 17.2 Å². The molecule has 0 aromatic carbocycles. The van der Waals surface area contributed by atoms with Crippen molar-refractivity contribution in [3.63, 3.8) is 0 Å². The third kappa shape index (κ3) is 3.52. The summed E-state index contributed by atoms with van der Waals surface area (Å²) in [7, 11) is 0. The molecule has 0 bridgehead atoms. The molecular formula is C20H27N5O2. The Morgan fingerprint density at radius 3 is 2.63 bits per heavy atom. The molecule has 27 heavy (non-hydrogen) atoms. The zero-order valence-electron chi connectivity index (χ0n) is 15.7. The molecule has 7 nitrogen and oxygen atoms in total. The lowest BCUT2D eigenvalue weighted by Crippen LogP contribution is -2.42. The molecule has 0 radical (unpaired) electrons. The number of aromatic nitrogens is 3. The maximum Gasteiger partial charge on any atom is 0.223 e. The summed E-state index contributed by atoms with van der Waals surface area (Å²) < 4.78 is 7.32. The van der Waals surface area contributed by atoms with E-state index in [4.69, 9.17) is 9.84 Å². The predicted molar refractivity (Wildman–Crippen MR) is 102 cm³/mol. The SMILES string of the molecule is O=C(CC1CCN(c2nccn3nc(C4CC4)cc23)CC1)N1CCOCC1. The lowest BCUT2D eigenvalue weighted by Gasteiger charge is -2.34. The molecule has 0 atom stereocenters. The van der Waals surface area contributed by atoms with Crippen LogP contribution in [0.2, 0.25) is 0 Å². The lowest BCUT2D eigenvalue weighted by molar-refractivity contribution is -0.136. The van der Waals surface area contributed by atoms with Gasteiger partial charge in [0, 0.05) is 50.9 Å². The fourth-order valence-corrected chi connectivity index (χ4v) is 4.29. The van der Waals surface area contributed by atoms with Gasteiger partial charge >= 0.3 is 0 Å². The molecule has 1 aliphatic carbocycles. The molecule has 144 valence electrons. The number of ether oxygens (including phenoxy) is 1. The van der Waals surface area contributed by atoms with Gasteiger partial charge in [0.15, 0.2) is 5.82 Å². The number of piperidine rings is 1. The van der Waals surface area contributed by atoms with E-state index in [1.165, 1.54) is 18.5 Å². The van der Waals surface area contributed by atoms with E-state index < -0.39 is 0 Å². The number of rotatable bonds is 4. The second-order valence-corrected chi connectivity index (χ2v) is 8.05. The van der Waals surface area contributed by atoms with Gasteiger partial charge in [0.05, 0.1) is 18.9 Å². The van der Waals surface area contributed by atoms with E-state index in [2.05, 4.69) is 16.0 Å². The van der Waals surface area contributed by atoms with E-state index in [1.54, 1.807) is 0 Å². The Morgan fingerprint density at radius 2 is 1.89 bits per heavy atom. The van der Waals surface area contributed by atoms with Crippen molar-refractivity contribution in [2.75, 3.05) is 44.3 Å². The summed E-state index contributed by atoms with van der Waals surface area (Å²) >= 11 is 0. The first-order valence-electron chi connectivity index (χ1n) is 10.2. The summed E-state index contributed by atoms with van der Waals surface area (Å²) in [6.45, 7) is 4.75. The number of hydrogen-bond donors (Lipinski definition) is 0. The monoisotopic (exact) mass is 369 g/mol. The largest absolute Gasteiger partial charge is 0.378 e. The summed E-state index contributed by atoms with van der Waals surface area (Å²) in [5.41, 5.74) is 2.32. The average molecular weight is 369 g/mol. The summed E-state index contributed by atoms with van der Waals surface area (Å²) in [5.74, 6) is 2.45. The van der Waals surface area contributed by atoms with Crippen LogP contribution < -0.4 is 4.90 Å². The fourth-order valence-electron chi connectivity index (χ4n) is 4.29. The minimum Gasteiger partial charge on any atom is -0.378 e. The average Bonchev–Trinajstić information content (AvgIpc) is 3.47. The molecule has 2 aromatic heterocycles. The summed E-state index contributed by atoms with van der Waals surface area (Å²) in [4.78, 5) is 21.5. The van der Waals surface area contributed by atoms with Gasteiger partial charge in [0.2, 0.25) is 5.91 Å². The third-order valence-corrected chi connectivity index (χ3v) is 6.13. The van der Waals surface area contributed by atoms with Gasteiger partial charge in [-0.1, -0.05) is 0 Å². The van der Waals surface area contributed by atoms with E-state index in [-0.39, 0.29) is 0 Å². The van der Waals surface area contributed by atoms with Crippen molar-refractivity contribution in [2.45, 2.75) is 38.0 Å². The molecule has 1 amide bonds. The van der Waals surface area contributed by atoms with Crippen LogP contribution in [0.5, 0.6) is 0 Å². The van der Waals surface area contributed by atoms with Crippen LogP contribution in [-0.2, 0) is 9.53 Å². The Hall–Kier alpha value is -2.15. The molecule has 2 aromatic rings. The maximum atomic E-state index is 12.5. The van der Waals surface area contributed by atoms with Crippen molar-refractivity contribution in [3.05, 3.63) is 24.2 Å². The van der Waals surface area contributed by atoms with Crippen LogP contribution in [0.25, 0.3) is 5.52 Å². The zero-order chi connectivity index (χ0) is 18.2. The summed E-state index contributed by atoms with van der Waals surface area (Å²) in [6, 6.07) is 2.22. The van der Waals surface area contributed by atoms with Crippen molar-refractivity contribution in [2.24, 2.45) is 5.92 Å². The number of anilines is 1. The van der Waals surface area contributed by atoms with E-state index in [9.17, 15) is 4.79 Å². The number of carbonyl (C=O) groups excluding carboxylic acids is 1. The smallest absolute Gasteiger partial charge is 0.223 e. The van der Waals surface area contributed by atoms with Gasteiger partial charge in [-0.15, -0.1) is 0 Å². The van der Waals surface area contributed by atoms with Gasteiger partial charge in [-0.2, -0.15) is 5.10 Å².